The summed E-state index contributed by atoms with van der Waals surface area (Å²) in [4.78, 5) is 19.9. The highest BCUT2D eigenvalue weighted by atomic mass is 16.1. The molecule has 2 aliphatic rings. The van der Waals surface area contributed by atoms with Crippen LogP contribution >= 0.6 is 0 Å². The lowest BCUT2D eigenvalue weighted by Crippen LogP contribution is -2.26. The van der Waals surface area contributed by atoms with Crippen LogP contribution in [0.5, 0.6) is 0 Å². The number of hydrogen-bond acceptors (Lipinski definition) is 3. The summed E-state index contributed by atoms with van der Waals surface area (Å²) in [6.07, 6.45) is 7.49. The average Bonchev–Trinajstić information content (AvgIpc) is 3.09. The van der Waals surface area contributed by atoms with Crippen molar-refractivity contribution in [2.24, 2.45) is 0 Å². The number of nitrogens with zero attached hydrogens (tertiary/aromatic N) is 3. The van der Waals surface area contributed by atoms with E-state index in [4.69, 9.17) is 0 Å². The summed E-state index contributed by atoms with van der Waals surface area (Å²) in [6, 6.07) is 4.34. The summed E-state index contributed by atoms with van der Waals surface area (Å²) in [5.74, 6) is 1.09. The third-order valence-corrected chi connectivity index (χ3v) is 4.01. The first-order chi connectivity index (χ1) is 8.90. The average molecular weight is 245 g/mol. The standard InChI is InChI=1S/C14H19N3O/c18-11-17-10-4-6-13(17)12-5-3-7-15-14(12)16-8-1-2-9-16/h3,5,7,11,13H,1-2,4,6,8-10H2/t13-/m0/s1. The molecule has 0 aromatic carbocycles. The minimum atomic E-state index is 0.229. The summed E-state index contributed by atoms with van der Waals surface area (Å²) in [5.41, 5.74) is 1.23. The van der Waals surface area contributed by atoms with E-state index in [-0.39, 0.29) is 6.04 Å². The van der Waals surface area contributed by atoms with Gasteiger partial charge >= 0.3 is 0 Å². The van der Waals surface area contributed by atoms with Gasteiger partial charge in [0.25, 0.3) is 0 Å². The molecule has 1 aromatic heterocycles. The lowest BCUT2D eigenvalue weighted by molar-refractivity contribution is -0.118. The summed E-state index contributed by atoms with van der Waals surface area (Å²) in [5, 5.41) is 0. The number of amides is 1. The Morgan fingerprint density at radius 1 is 1.22 bits per heavy atom. The maximum absolute atomic E-state index is 11.1. The minimum absolute atomic E-state index is 0.229. The fraction of sp³-hybridized carbons (Fsp3) is 0.571. The van der Waals surface area contributed by atoms with Crippen LogP contribution in [-0.4, -0.2) is 35.9 Å². The van der Waals surface area contributed by atoms with Gasteiger partial charge in [0.2, 0.25) is 6.41 Å². The van der Waals surface area contributed by atoms with E-state index >= 15 is 0 Å². The van der Waals surface area contributed by atoms with Gasteiger partial charge in [-0.15, -0.1) is 0 Å². The number of likely N-dealkylation sites (tertiary alicyclic amines) is 1. The Labute approximate surface area is 108 Å². The number of pyridine rings is 1. The lowest BCUT2D eigenvalue weighted by Gasteiger charge is -2.26. The Balaban J connectivity index is 1.93. The third kappa shape index (κ3) is 1.96. The molecule has 0 saturated carbocycles. The van der Waals surface area contributed by atoms with Gasteiger partial charge in [-0.3, -0.25) is 4.79 Å². The maximum Gasteiger partial charge on any atom is 0.210 e. The number of aromatic nitrogens is 1. The molecule has 0 spiro atoms. The molecule has 1 amide bonds. The minimum Gasteiger partial charge on any atom is -0.356 e. The lowest BCUT2D eigenvalue weighted by atomic mass is 10.1. The Morgan fingerprint density at radius 3 is 2.83 bits per heavy atom. The van der Waals surface area contributed by atoms with Crippen LogP contribution in [0.3, 0.4) is 0 Å². The van der Waals surface area contributed by atoms with E-state index in [9.17, 15) is 4.79 Å². The van der Waals surface area contributed by atoms with Crippen LogP contribution in [0.4, 0.5) is 5.82 Å². The molecule has 1 aromatic rings. The van der Waals surface area contributed by atoms with Gasteiger partial charge < -0.3 is 9.80 Å². The largest absolute Gasteiger partial charge is 0.356 e. The topological polar surface area (TPSA) is 36.4 Å². The smallest absolute Gasteiger partial charge is 0.210 e. The van der Waals surface area contributed by atoms with E-state index in [1.165, 1.54) is 18.4 Å². The second-order valence-electron chi connectivity index (χ2n) is 5.11. The van der Waals surface area contributed by atoms with Crippen LogP contribution in [0.25, 0.3) is 0 Å². The van der Waals surface area contributed by atoms with Crippen molar-refractivity contribution in [2.45, 2.75) is 31.7 Å². The predicted molar refractivity (Wildman–Crippen MR) is 70.4 cm³/mol. The van der Waals surface area contributed by atoms with Gasteiger partial charge in [0.1, 0.15) is 5.82 Å². The van der Waals surface area contributed by atoms with Crippen molar-refractivity contribution in [3.63, 3.8) is 0 Å². The molecular formula is C14H19N3O. The van der Waals surface area contributed by atoms with E-state index in [2.05, 4.69) is 16.0 Å². The molecule has 0 N–H and O–H groups in total. The van der Waals surface area contributed by atoms with Crippen LogP contribution in [0.1, 0.15) is 37.3 Å². The Morgan fingerprint density at radius 2 is 2.06 bits per heavy atom. The summed E-state index contributed by atoms with van der Waals surface area (Å²) in [7, 11) is 0. The molecule has 1 atom stereocenters. The molecule has 2 aliphatic heterocycles. The van der Waals surface area contributed by atoms with Crippen molar-refractivity contribution in [3.05, 3.63) is 23.9 Å². The second-order valence-corrected chi connectivity index (χ2v) is 5.11. The molecule has 0 radical (unpaired) electrons. The monoisotopic (exact) mass is 245 g/mol. The van der Waals surface area contributed by atoms with Crippen LogP contribution < -0.4 is 4.90 Å². The Bertz CT molecular complexity index is 429. The van der Waals surface area contributed by atoms with Gasteiger partial charge in [-0.05, 0) is 31.7 Å². The molecule has 3 heterocycles. The van der Waals surface area contributed by atoms with Crippen molar-refractivity contribution in [2.75, 3.05) is 24.5 Å². The molecule has 4 heteroatoms. The van der Waals surface area contributed by atoms with Crippen molar-refractivity contribution < 1.29 is 4.79 Å². The van der Waals surface area contributed by atoms with Crippen LogP contribution in [0.15, 0.2) is 18.3 Å². The third-order valence-electron chi connectivity index (χ3n) is 4.01. The highest BCUT2D eigenvalue weighted by Crippen LogP contribution is 2.36. The molecule has 18 heavy (non-hydrogen) atoms. The van der Waals surface area contributed by atoms with E-state index in [0.29, 0.717) is 0 Å². The van der Waals surface area contributed by atoms with Crippen molar-refractivity contribution in [1.82, 2.24) is 9.88 Å². The highest BCUT2D eigenvalue weighted by molar-refractivity contribution is 5.54. The summed E-state index contributed by atoms with van der Waals surface area (Å²) >= 11 is 0. The van der Waals surface area contributed by atoms with E-state index in [0.717, 1.165) is 44.7 Å². The highest BCUT2D eigenvalue weighted by Gasteiger charge is 2.29. The molecule has 0 unspecified atom stereocenters. The first-order valence-corrected chi connectivity index (χ1v) is 6.81. The number of rotatable bonds is 3. The van der Waals surface area contributed by atoms with Crippen LogP contribution in [0.2, 0.25) is 0 Å². The first-order valence-electron chi connectivity index (χ1n) is 6.81. The van der Waals surface area contributed by atoms with E-state index in [1.54, 1.807) is 0 Å². The number of hydrogen-bond donors (Lipinski definition) is 0. The van der Waals surface area contributed by atoms with Gasteiger partial charge in [0, 0.05) is 31.4 Å². The number of carbonyl (C=O) groups is 1. The molecule has 3 rings (SSSR count). The molecule has 96 valence electrons. The predicted octanol–water partition coefficient (Wildman–Crippen LogP) is 1.98. The molecule has 0 aliphatic carbocycles. The van der Waals surface area contributed by atoms with Gasteiger partial charge in [-0.1, -0.05) is 6.07 Å². The van der Waals surface area contributed by atoms with E-state index in [1.807, 2.05) is 17.2 Å². The van der Waals surface area contributed by atoms with Crippen LogP contribution in [-0.2, 0) is 4.79 Å². The van der Waals surface area contributed by atoms with Gasteiger partial charge in [-0.25, -0.2) is 4.98 Å². The fourth-order valence-corrected chi connectivity index (χ4v) is 3.11. The summed E-state index contributed by atoms with van der Waals surface area (Å²) < 4.78 is 0. The van der Waals surface area contributed by atoms with Gasteiger partial charge in [-0.2, -0.15) is 0 Å². The zero-order valence-electron chi connectivity index (χ0n) is 10.6. The quantitative estimate of drug-likeness (QED) is 0.764. The summed E-state index contributed by atoms with van der Waals surface area (Å²) in [6.45, 7) is 3.07. The van der Waals surface area contributed by atoms with Crippen molar-refractivity contribution in [1.29, 1.82) is 0 Å². The Kier molecular flexibility index (Phi) is 3.17. The van der Waals surface area contributed by atoms with E-state index < -0.39 is 0 Å². The molecule has 2 fully saturated rings. The number of anilines is 1. The second kappa shape index (κ2) is 4.96. The molecule has 2 saturated heterocycles. The zero-order valence-corrected chi connectivity index (χ0v) is 10.6. The van der Waals surface area contributed by atoms with Crippen LogP contribution in [0, 0.1) is 0 Å². The molecule has 4 nitrogen and oxygen atoms in total. The number of carbonyl (C=O) groups excluding carboxylic acids is 1. The van der Waals surface area contributed by atoms with Gasteiger partial charge in [0.05, 0.1) is 6.04 Å². The van der Waals surface area contributed by atoms with Crippen molar-refractivity contribution >= 4 is 12.2 Å². The molecular weight excluding hydrogens is 226 g/mol. The normalized spacial score (nSPS) is 23.7. The Hall–Kier alpha value is -1.58. The van der Waals surface area contributed by atoms with Crippen molar-refractivity contribution in [3.8, 4) is 0 Å². The van der Waals surface area contributed by atoms with Gasteiger partial charge in [0.15, 0.2) is 0 Å². The zero-order chi connectivity index (χ0) is 12.4. The SMILES string of the molecule is O=CN1CCC[C@H]1c1cccnc1N1CCCC1. The maximum atomic E-state index is 11.1. The fourth-order valence-electron chi connectivity index (χ4n) is 3.11. The molecule has 0 bridgehead atoms. The first kappa shape index (κ1) is 11.5.